The predicted octanol–water partition coefficient (Wildman–Crippen LogP) is 1.58. The molecule has 1 aromatic rings. The smallest absolute Gasteiger partial charge is 0.250 e. The van der Waals surface area contributed by atoms with Crippen molar-refractivity contribution in [3.63, 3.8) is 0 Å². The van der Waals surface area contributed by atoms with Crippen LogP contribution in [-0.4, -0.2) is 11.9 Å². The van der Waals surface area contributed by atoms with E-state index in [0.717, 1.165) is 11.6 Å². The Hall–Kier alpha value is -1.71. The van der Waals surface area contributed by atoms with E-state index in [9.17, 15) is 4.79 Å². The van der Waals surface area contributed by atoms with Gasteiger partial charge in [0.2, 0.25) is 0 Å². The summed E-state index contributed by atoms with van der Waals surface area (Å²) >= 11 is 0. The lowest BCUT2D eigenvalue weighted by Gasteiger charge is -2.17. The molecule has 1 aliphatic carbocycles. The number of carbonyl (C=O) groups is 1. The molecule has 4 heteroatoms. The van der Waals surface area contributed by atoms with E-state index in [4.69, 9.17) is 11.5 Å². The fourth-order valence-corrected chi connectivity index (χ4v) is 1.87. The van der Waals surface area contributed by atoms with Crippen molar-refractivity contribution in [3.8, 4) is 0 Å². The lowest BCUT2D eigenvalue weighted by Crippen LogP contribution is -2.20. The van der Waals surface area contributed by atoms with Gasteiger partial charge in [0, 0.05) is 6.04 Å². The van der Waals surface area contributed by atoms with Crippen LogP contribution in [0.3, 0.4) is 0 Å². The lowest BCUT2D eigenvalue weighted by atomic mass is 10.1. The standard InChI is InChI=1S/C12H17N3O/c1-7(8-5-6-8)15-10-4-2-3-9(11(10)13)12(14)16/h2-4,7-8,15H,5-6,13H2,1H3,(H2,14,16). The van der Waals surface area contributed by atoms with Gasteiger partial charge in [-0.15, -0.1) is 0 Å². The number of carbonyl (C=O) groups excluding carboxylic acids is 1. The van der Waals surface area contributed by atoms with Crippen molar-refractivity contribution in [1.29, 1.82) is 0 Å². The molecule has 0 bridgehead atoms. The van der Waals surface area contributed by atoms with E-state index in [-0.39, 0.29) is 0 Å². The number of nitrogens with one attached hydrogen (secondary N) is 1. The summed E-state index contributed by atoms with van der Waals surface area (Å²) in [5, 5.41) is 3.33. The first-order valence-electron chi connectivity index (χ1n) is 5.54. The summed E-state index contributed by atoms with van der Waals surface area (Å²) in [6.45, 7) is 2.13. The molecule has 0 spiro atoms. The number of nitrogen functional groups attached to an aromatic ring is 1. The molecule has 1 fully saturated rings. The van der Waals surface area contributed by atoms with Crippen molar-refractivity contribution in [2.45, 2.75) is 25.8 Å². The first-order valence-corrected chi connectivity index (χ1v) is 5.54. The first-order chi connectivity index (χ1) is 7.59. The van der Waals surface area contributed by atoms with Crippen LogP contribution in [0, 0.1) is 5.92 Å². The maximum absolute atomic E-state index is 11.1. The molecule has 0 aliphatic heterocycles. The molecule has 1 unspecified atom stereocenters. The fraction of sp³-hybridized carbons (Fsp3) is 0.417. The van der Waals surface area contributed by atoms with E-state index in [1.54, 1.807) is 12.1 Å². The summed E-state index contributed by atoms with van der Waals surface area (Å²) in [5.74, 6) is 0.247. The normalized spacial score (nSPS) is 16.8. The van der Waals surface area contributed by atoms with Gasteiger partial charge < -0.3 is 16.8 Å². The van der Waals surface area contributed by atoms with Gasteiger partial charge >= 0.3 is 0 Å². The van der Waals surface area contributed by atoms with Crippen LogP contribution in [0.2, 0.25) is 0 Å². The molecule has 16 heavy (non-hydrogen) atoms. The molecule has 4 nitrogen and oxygen atoms in total. The number of benzene rings is 1. The van der Waals surface area contributed by atoms with Crippen LogP contribution in [0.5, 0.6) is 0 Å². The Labute approximate surface area is 95.0 Å². The zero-order valence-electron chi connectivity index (χ0n) is 9.36. The lowest BCUT2D eigenvalue weighted by molar-refractivity contribution is 0.100. The molecule has 0 radical (unpaired) electrons. The Morgan fingerprint density at radius 3 is 2.75 bits per heavy atom. The summed E-state index contributed by atoms with van der Waals surface area (Å²) < 4.78 is 0. The Bertz CT molecular complexity index is 413. The summed E-state index contributed by atoms with van der Waals surface area (Å²) in [5.41, 5.74) is 12.8. The maximum Gasteiger partial charge on any atom is 0.250 e. The monoisotopic (exact) mass is 219 g/mol. The molecule has 5 N–H and O–H groups in total. The second-order valence-corrected chi connectivity index (χ2v) is 4.40. The van der Waals surface area contributed by atoms with Gasteiger partial charge in [-0.1, -0.05) is 6.07 Å². The number of hydrogen-bond acceptors (Lipinski definition) is 3. The van der Waals surface area contributed by atoms with E-state index in [2.05, 4.69) is 12.2 Å². The van der Waals surface area contributed by atoms with Crippen molar-refractivity contribution in [2.75, 3.05) is 11.1 Å². The number of amides is 1. The van der Waals surface area contributed by atoms with Crippen LogP contribution < -0.4 is 16.8 Å². The van der Waals surface area contributed by atoms with Gasteiger partial charge in [0.1, 0.15) is 0 Å². The first kappa shape index (κ1) is 10.8. The Balaban J connectivity index is 2.19. The average Bonchev–Trinajstić information content (AvgIpc) is 3.03. The Morgan fingerprint density at radius 1 is 1.50 bits per heavy atom. The van der Waals surface area contributed by atoms with E-state index < -0.39 is 5.91 Å². The number of hydrogen-bond donors (Lipinski definition) is 3. The second kappa shape index (κ2) is 4.04. The number of anilines is 2. The largest absolute Gasteiger partial charge is 0.396 e. The van der Waals surface area contributed by atoms with Crippen LogP contribution in [-0.2, 0) is 0 Å². The van der Waals surface area contributed by atoms with E-state index >= 15 is 0 Å². The predicted molar refractivity (Wildman–Crippen MR) is 65.2 cm³/mol. The van der Waals surface area contributed by atoms with Gasteiger partial charge in [-0.3, -0.25) is 4.79 Å². The molecule has 1 saturated carbocycles. The van der Waals surface area contributed by atoms with E-state index in [0.29, 0.717) is 17.3 Å². The highest BCUT2D eigenvalue weighted by Crippen LogP contribution is 2.35. The third-order valence-electron chi connectivity index (χ3n) is 3.08. The highest BCUT2D eigenvalue weighted by atomic mass is 16.1. The molecule has 1 atom stereocenters. The number of para-hydroxylation sites is 1. The molecule has 0 aromatic heterocycles. The molecule has 1 aromatic carbocycles. The minimum Gasteiger partial charge on any atom is -0.396 e. The zero-order valence-corrected chi connectivity index (χ0v) is 9.36. The van der Waals surface area contributed by atoms with E-state index in [1.165, 1.54) is 12.8 Å². The van der Waals surface area contributed by atoms with Crippen molar-refractivity contribution < 1.29 is 4.79 Å². The average molecular weight is 219 g/mol. The molecular weight excluding hydrogens is 202 g/mol. The van der Waals surface area contributed by atoms with Crippen LogP contribution >= 0.6 is 0 Å². The van der Waals surface area contributed by atoms with E-state index in [1.807, 2.05) is 6.07 Å². The van der Waals surface area contributed by atoms with Crippen molar-refractivity contribution in [2.24, 2.45) is 11.7 Å². The SMILES string of the molecule is CC(Nc1cccc(C(N)=O)c1N)C1CC1. The van der Waals surface area contributed by atoms with Gasteiger partial charge in [-0.25, -0.2) is 0 Å². The Kier molecular flexibility index (Phi) is 2.73. The third kappa shape index (κ3) is 2.10. The molecule has 86 valence electrons. The van der Waals surface area contributed by atoms with Crippen LogP contribution in [0.1, 0.15) is 30.1 Å². The number of primary amides is 1. The highest BCUT2D eigenvalue weighted by Gasteiger charge is 2.28. The van der Waals surface area contributed by atoms with Crippen LogP contribution in [0.25, 0.3) is 0 Å². The fourth-order valence-electron chi connectivity index (χ4n) is 1.87. The molecule has 2 rings (SSSR count). The molecular formula is C12H17N3O. The van der Waals surface area contributed by atoms with Gasteiger partial charge in [-0.2, -0.15) is 0 Å². The third-order valence-corrected chi connectivity index (χ3v) is 3.08. The van der Waals surface area contributed by atoms with Crippen molar-refractivity contribution >= 4 is 17.3 Å². The Morgan fingerprint density at radius 2 is 2.19 bits per heavy atom. The molecule has 1 aliphatic rings. The summed E-state index contributed by atoms with van der Waals surface area (Å²) in [7, 11) is 0. The van der Waals surface area contributed by atoms with Crippen LogP contribution in [0.4, 0.5) is 11.4 Å². The van der Waals surface area contributed by atoms with Gasteiger partial charge in [0.15, 0.2) is 0 Å². The number of nitrogens with two attached hydrogens (primary N) is 2. The second-order valence-electron chi connectivity index (χ2n) is 4.40. The van der Waals surface area contributed by atoms with Gasteiger partial charge in [0.05, 0.1) is 16.9 Å². The van der Waals surface area contributed by atoms with Crippen LogP contribution in [0.15, 0.2) is 18.2 Å². The number of rotatable bonds is 4. The zero-order chi connectivity index (χ0) is 11.7. The van der Waals surface area contributed by atoms with Crippen molar-refractivity contribution in [3.05, 3.63) is 23.8 Å². The minimum absolute atomic E-state index is 0.382. The quantitative estimate of drug-likeness (QED) is 0.672. The topological polar surface area (TPSA) is 81.1 Å². The summed E-state index contributed by atoms with van der Waals surface area (Å²) in [4.78, 5) is 11.1. The molecule has 1 amide bonds. The molecule has 0 heterocycles. The van der Waals surface area contributed by atoms with Gasteiger partial charge in [0.25, 0.3) is 5.91 Å². The van der Waals surface area contributed by atoms with Gasteiger partial charge in [-0.05, 0) is 37.8 Å². The highest BCUT2D eigenvalue weighted by molar-refractivity contribution is 6.00. The summed E-state index contributed by atoms with van der Waals surface area (Å²) in [6.07, 6.45) is 2.53. The molecule has 0 saturated heterocycles. The summed E-state index contributed by atoms with van der Waals surface area (Å²) in [6, 6.07) is 5.70. The maximum atomic E-state index is 11.1. The minimum atomic E-state index is -0.486. The van der Waals surface area contributed by atoms with Crippen molar-refractivity contribution in [1.82, 2.24) is 0 Å².